The van der Waals surface area contributed by atoms with Crippen molar-refractivity contribution >= 4 is 17.7 Å². The smallest absolute Gasteiger partial charge is 0.307 e. The molecule has 8 heteroatoms. The van der Waals surface area contributed by atoms with Crippen LogP contribution in [-0.4, -0.2) is 44.1 Å². The number of fused-ring (bicyclic) bond motifs is 1. The number of rotatable bonds is 5. The molecular formula is C14H19N5O3. The third-order valence-corrected chi connectivity index (χ3v) is 2.80. The summed E-state index contributed by atoms with van der Waals surface area (Å²) in [6, 6.07) is 1.85. The van der Waals surface area contributed by atoms with E-state index in [9.17, 15) is 9.59 Å². The fourth-order valence-electron chi connectivity index (χ4n) is 1.94. The molecule has 22 heavy (non-hydrogen) atoms. The molecule has 0 aromatic carbocycles. The van der Waals surface area contributed by atoms with Gasteiger partial charge < -0.3 is 10.1 Å². The van der Waals surface area contributed by atoms with Gasteiger partial charge in [0, 0.05) is 17.9 Å². The Morgan fingerprint density at radius 1 is 1.32 bits per heavy atom. The second-order valence-corrected chi connectivity index (χ2v) is 5.23. The SMILES string of the molecule is Cc1cc(C)n2nc(C(=O)NCCC(=O)OC(C)C)nc2n1. The van der Waals surface area contributed by atoms with E-state index in [-0.39, 0.29) is 30.9 Å². The molecule has 0 aliphatic heterocycles. The van der Waals surface area contributed by atoms with Gasteiger partial charge in [-0.15, -0.1) is 5.10 Å². The zero-order chi connectivity index (χ0) is 16.3. The number of aryl methyl sites for hydroxylation is 2. The maximum absolute atomic E-state index is 12.0. The molecule has 0 unspecified atom stereocenters. The van der Waals surface area contributed by atoms with Crippen molar-refractivity contribution in [3.8, 4) is 0 Å². The first-order valence-corrected chi connectivity index (χ1v) is 7.05. The lowest BCUT2D eigenvalue weighted by Crippen LogP contribution is -2.28. The number of nitrogens with zero attached hydrogens (tertiary/aromatic N) is 4. The zero-order valence-electron chi connectivity index (χ0n) is 13.1. The van der Waals surface area contributed by atoms with Crippen LogP contribution in [0.4, 0.5) is 0 Å². The average molecular weight is 305 g/mol. The maximum atomic E-state index is 12.0. The van der Waals surface area contributed by atoms with E-state index < -0.39 is 5.91 Å². The highest BCUT2D eigenvalue weighted by molar-refractivity contribution is 5.91. The molecule has 0 aliphatic carbocycles. The van der Waals surface area contributed by atoms with E-state index in [0.717, 1.165) is 11.4 Å². The summed E-state index contributed by atoms with van der Waals surface area (Å²) >= 11 is 0. The minimum atomic E-state index is -0.445. The Kier molecular flexibility index (Phi) is 4.69. The Morgan fingerprint density at radius 3 is 2.73 bits per heavy atom. The lowest BCUT2D eigenvalue weighted by Gasteiger charge is -2.07. The van der Waals surface area contributed by atoms with Gasteiger partial charge in [-0.05, 0) is 33.8 Å². The van der Waals surface area contributed by atoms with Gasteiger partial charge in [0.25, 0.3) is 11.7 Å². The number of carbonyl (C=O) groups is 2. The van der Waals surface area contributed by atoms with Crippen LogP contribution in [0.5, 0.6) is 0 Å². The van der Waals surface area contributed by atoms with Gasteiger partial charge in [0.05, 0.1) is 12.5 Å². The summed E-state index contributed by atoms with van der Waals surface area (Å²) in [4.78, 5) is 31.7. The molecule has 0 atom stereocenters. The molecule has 2 aromatic rings. The van der Waals surface area contributed by atoms with Crippen molar-refractivity contribution in [2.45, 2.75) is 40.2 Å². The molecule has 0 aliphatic rings. The summed E-state index contributed by atoms with van der Waals surface area (Å²) in [7, 11) is 0. The van der Waals surface area contributed by atoms with Crippen LogP contribution in [0.3, 0.4) is 0 Å². The molecule has 1 N–H and O–H groups in total. The summed E-state index contributed by atoms with van der Waals surface area (Å²) < 4.78 is 6.49. The Morgan fingerprint density at radius 2 is 2.05 bits per heavy atom. The van der Waals surface area contributed by atoms with Crippen LogP contribution < -0.4 is 5.32 Å². The quantitative estimate of drug-likeness (QED) is 0.821. The molecule has 8 nitrogen and oxygen atoms in total. The standard InChI is InChI=1S/C14H19N5O3/c1-8(2)22-11(20)5-6-15-13(21)12-17-14-16-9(3)7-10(4)19(14)18-12/h7-8H,5-6H2,1-4H3,(H,15,21). The minimum Gasteiger partial charge on any atom is -0.463 e. The molecule has 0 bridgehead atoms. The van der Waals surface area contributed by atoms with Crippen LogP contribution in [0.15, 0.2) is 6.07 Å². The van der Waals surface area contributed by atoms with Crippen molar-refractivity contribution in [1.82, 2.24) is 24.9 Å². The largest absolute Gasteiger partial charge is 0.463 e. The van der Waals surface area contributed by atoms with E-state index in [1.807, 2.05) is 19.9 Å². The first kappa shape index (κ1) is 15.9. The van der Waals surface area contributed by atoms with Crippen molar-refractivity contribution in [3.63, 3.8) is 0 Å². The summed E-state index contributed by atoms with van der Waals surface area (Å²) in [6.45, 7) is 7.43. The van der Waals surface area contributed by atoms with Crippen LogP contribution >= 0.6 is 0 Å². The van der Waals surface area contributed by atoms with E-state index in [0.29, 0.717) is 5.78 Å². The van der Waals surface area contributed by atoms with Gasteiger partial charge in [0.1, 0.15) is 0 Å². The third kappa shape index (κ3) is 3.78. The van der Waals surface area contributed by atoms with E-state index in [1.165, 1.54) is 4.52 Å². The number of esters is 1. The Balaban J connectivity index is 1.98. The fourth-order valence-corrected chi connectivity index (χ4v) is 1.94. The summed E-state index contributed by atoms with van der Waals surface area (Å²) in [6.07, 6.45) is -0.0613. The van der Waals surface area contributed by atoms with Crippen molar-refractivity contribution in [3.05, 3.63) is 23.3 Å². The van der Waals surface area contributed by atoms with Gasteiger partial charge in [-0.25, -0.2) is 9.50 Å². The predicted octanol–water partition coefficient (Wildman–Crippen LogP) is 0.813. The Labute approximate surface area is 127 Å². The lowest BCUT2D eigenvalue weighted by molar-refractivity contribution is -0.147. The lowest BCUT2D eigenvalue weighted by atomic mass is 10.4. The normalized spacial score (nSPS) is 11.0. The van der Waals surface area contributed by atoms with E-state index in [1.54, 1.807) is 13.8 Å². The number of hydrogen-bond acceptors (Lipinski definition) is 6. The average Bonchev–Trinajstić information content (AvgIpc) is 2.81. The maximum Gasteiger partial charge on any atom is 0.307 e. The fraction of sp³-hybridized carbons (Fsp3) is 0.500. The number of aromatic nitrogens is 4. The van der Waals surface area contributed by atoms with Gasteiger partial charge in [-0.1, -0.05) is 0 Å². The summed E-state index contributed by atoms with van der Waals surface area (Å²) in [5.41, 5.74) is 1.65. The molecule has 0 saturated heterocycles. The van der Waals surface area contributed by atoms with Gasteiger partial charge in [-0.2, -0.15) is 4.98 Å². The van der Waals surface area contributed by atoms with Crippen molar-refractivity contribution in [2.24, 2.45) is 0 Å². The molecule has 0 saturated carbocycles. The Bertz CT molecular complexity index is 708. The number of ether oxygens (including phenoxy) is 1. The van der Waals surface area contributed by atoms with E-state index in [4.69, 9.17) is 4.74 Å². The number of carbonyl (C=O) groups excluding carboxylic acids is 2. The minimum absolute atomic E-state index is 0.0263. The molecule has 2 rings (SSSR count). The van der Waals surface area contributed by atoms with Gasteiger partial charge in [-0.3, -0.25) is 9.59 Å². The van der Waals surface area contributed by atoms with Crippen LogP contribution in [-0.2, 0) is 9.53 Å². The van der Waals surface area contributed by atoms with Crippen molar-refractivity contribution in [2.75, 3.05) is 6.54 Å². The third-order valence-electron chi connectivity index (χ3n) is 2.80. The first-order valence-electron chi connectivity index (χ1n) is 7.05. The second-order valence-electron chi connectivity index (χ2n) is 5.23. The molecule has 0 radical (unpaired) electrons. The molecule has 2 aromatic heterocycles. The van der Waals surface area contributed by atoms with Crippen LogP contribution in [0, 0.1) is 13.8 Å². The van der Waals surface area contributed by atoms with Gasteiger partial charge in [0.2, 0.25) is 5.82 Å². The number of nitrogens with one attached hydrogen (secondary N) is 1. The highest BCUT2D eigenvalue weighted by Crippen LogP contribution is 2.05. The monoisotopic (exact) mass is 305 g/mol. The van der Waals surface area contributed by atoms with E-state index >= 15 is 0 Å². The van der Waals surface area contributed by atoms with Crippen LogP contribution in [0.25, 0.3) is 5.78 Å². The topological polar surface area (TPSA) is 98.5 Å². The number of hydrogen-bond donors (Lipinski definition) is 1. The van der Waals surface area contributed by atoms with Crippen LogP contribution in [0.2, 0.25) is 0 Å². The molecule has 0 spiro atoms. The molecule has 0 fully saturated rings. The highest BCUT2D eigenvalue weighted by atomic mass is 16.5. The zero-order valence-corrected chi connectivity index (χ0v) is 13.1. The van der Waals surface area contributed by atoms with Crippen molar-refractivity contribution in [1.29, 1.82) is 0 Å². The molecule has 1 amide bonds. The summed E-state index contributed by atoms with van der Waals surface area (Å²) in [5.74, 6) is -0.397. The highest BCUT2D eigenvalue weighted by Gasteiger charge is 2.15. The second kappa shape index (κ2) is 6.50. The van der Waals surface area contributed by atoms with E-state index in [2.05, 4.69) is 20.4 Å². The molecular weight excluding hydrogens is 286 g/mol. The van der Waals surface area contributed by atoms with Gasteiger partial charge >= 0.3 is 5.97 Å². The molecule has 118 valence electrons. The predicted molar refractivity (Wildman–Crippen MR) is 78.4 cm³/mol. The van der Waals surface area contributed by atoms with Crippen molar-refractivity contribution < 1.29 is 14.3 Å². The number of amides is 1. The first-order chi connectivity index (χ1) is 10.4. The summed E-state index contributed by atoms with van der Waals surface area (Å²) in [5, 5.41) is 6.71. The Hall–Kier alpha value is -2.51. The molecule has 2 heterocycles. The van der Waals surface area contributed by atoms with Crippen LogP contribution in [0.1, 0.15) is 42.3 Å². The van der Waals surface area contributed by atoms with Gasteiger partial charge in [0.15, 0.2) is 0 Å².